The Balaban J connectivity index is 1.61. The summed E-state index contributed by atoms with van der Waals surface area (Å²) in [7, 11) is -4.81. The Labute approximate surface area is 190 Å². The van der Waals surface area contributed by atoms with Gasteiger partial charge in [-0.3, -0.25) is 9.11 Å². The predicted molar refractivity (Wildman–Crippen MR) is 129 cm³/mol. The van der Waals surface area contributed by atoms with Crippen molar-refractivity contribution in [2.45, 2.75) is 50.1 Å². The summed E-state index contributed by atoms with van der Waals surface area (Å²) in [5, 5.41) is 0.948. The fraction of sp³-hybridized carbons (Fsp3) is 0.455. The Bertz CT molecular complexity index is 1220. The molecule has 0 aliphatic carbocycles. The smallest absolute Gasteiger partial charge is 0.260 e. The van der Waals surface area contributed by atoms with Crippen molar-refractivity contribution in [3.63, 3.8) is 0 Å². The number of nitrogens with zero attached hydrogens (tertiary/aromatic N) is 3. The highest BCUT2D eigenvalue weighted by Crippen LogP contribution is 2.45. The van der Waals surface area contributed by atoms with Crippen molar-refractivity contribution in [3.8, 4) is 11.1 Å². The molecule has 0 aromatic carbocycles. The van der Waals surface area contributed by atoms with Gasteiger partial charge in [0.1, 0.15) is 5.65 Å². The number of hydrogen-bond acceptors (Lipinski definition) is 6. The van der Waals surface area contributed by atoms with Crippen LogP contribution in [0.25, 0.3) is 22.2 Å². The molecule has 0 unspecified atom stereocenters. The maximum Gasteiger partial charge on any atom is 0.260 e. The van der Waals surface area contributed by atoms with E-state index in [0.717, 1.165) is 27.9 Å². The second-order valence-corrected chi connectivity index (χ2v) is 13.8. The lowest BCUT2D eigenvalue weighted by molar-refractivity contribution is 0.331. The maximum absolute atomic E-state index is 13.1. The molecule has 3 aromatic heterocycles. The number of aromatic nitrogens is 3. The Morgan fingerprint density at radius 1 is 1.12 bits per heavy atom. The minimum absolute atomic E-state index is 0.0179. The summed E-state index contributed by atoms with van der Waals surface area (Å²) in [4.78, 5) is 12.1. The summed E-state index contributed by atoms with van der Waals surface area (Å²) in [6, 6.07) is 7.02. The normalized spacial score (nSPS) is 18.8. The molecule has 4 heterocycles. The highest BCUT2D eigenvalue weighted by atomic mass is 32.3. The quantitative estimate of drug-likeness (QED) is 0.509. The van der Waals surface area contributed by atoms with Crippen LogP contribution in [0.1, 0.15) is 39.3 Å². The van der Waals surface area contributed by atoms with Gasteiger partial charge in [0, 0.05) is 59.0 Å². The molecule has 8 nitrogen and oxygen atoms in total. The van der Waals surface area contributed by atoms with Gasteiger partial charge in [0.15, 0.2) is 5.03 Å². The highest BCUT2D eigenvalue weighted by molar-refractivity contribution is 8.24. The molecule has 10 heteroatoms. The molecule has 0 spiro atoms. The lowest BCUT2D eigenvalue weighted by Crippen LogP contribution is -2.41. The van der Waals surface area contributed by atoms with Crippen molar-refractivity contribution in [1.82, 2.24) is 19.3 Å². The molecule has 4 rings (SSSR count). The van der Waals surface area contributed by atoms with Crippen molar-refractivity contribution in [2.24, 2.45) is 0 Å². The van der Waals surface area contributed by atoms with Crippen LogP contribution in [0.4, 0.5) is 0 Å². The van der Waals surface area contributed by atoms with E-state index >= 15 is 0 Å². The van der Waals surface area contributed by atoms with E-state index in [-0.39, 0.29) is 28.0 Å². The molecule has 0 radical (unpaired) electrons. The summed E-state index contributed by atoms with van der Waals surface area (Å²) in [5.74, 6) is 0.463. The summed E-state index contributed by atoms with van der Waals surface area (Å²) < 4.78 is 47.1. The van der Waals surface area contributed by atoms with Crippen molar-refractivity contribution < 1.29 is 17.5 Å². The second kappa shape index (κ2) is 8.11. The van der Waals surface area contributed by atoms with Crippen molar-refractivity contribution in [1.29, 1.82) is 0 Å². The summed E-state index contributed by atoms with van der Waals surface area (Å²) in [5.41, 5.74) is 3.55. The van der Waals surface area contributed by atoms with Crippen molar-refractivity contribution >= 4 is 31.6 Å². The predicted octanol–water partition coefficient (Wildman–Crippen LogP) is 4.46. The van der Waals surface area contributed by atoms with Crippen molar-refractivity contribution in [2.75, 3.05) is 18.6 Å². The number of H-pyrrole nitrogens is 1. The van der Waals surface area contributed by atoms with Gasteiger partial charge in [-0.2, -0.15) is 14.9 Å². The first kappa shape index (κ1) is 23.2. The molecule has 32 heavy (non-hydrogen) atoms. The van der Waals surface area contributed by atoms with Gasteiger partial charge in [0.25, 0.3) is 10.0 Å². The minimum atomic E-state index is -3.78. The molecule has 1 fully saturated rings. The van der Waals surface area contributed by atoms with E-state index in [1.807, 2.05) is 6.07 Å². The van der Waals surface area contributed by atoms with Crippen LogP contribution in [-0.2, 0) is 15.4 Å². The Morgan fingerprint density at radius 3 is 2.41 bits per heavy atom. The third-order valence-electron chi connectivity index (χ3n) is 6.10. The zero-order valence-corrected chi connectivity index (χ0v) is 20.4. The zero-order valence-electron chi connectivity index (χ0n) is 18.7. The first-order chi connectivity index (χ1) is 14.9. The summed E-state index contributed by atoms with van der Waals surface area (Å²) in [6.45, 7) is 6.39. The third-order valence-corrected chi connectivity index (χ3v) is 9.71. The molecule has 0 amide bonds. The lowest BCUT2D eigenvalue weighted by atomic mass is 9.92. The Morgan fingerprint density at radius 2 is 1.81 bits per heavy atom. The molecule has 1 aliphatic rings. The van der Waals surface area contributed by atoms with Crippen LogP contribution in [-0.4, -0.2) is 61.4 Å². The van der Waals surface area contributed by atoms with E-state index in [4.69, 9.17) is 0 Å². The maximum atomic E-state index is 13.1. The highest BCUT2D eigenvalue weighted by Gasteiger charge is 2.33. The molecular formula is C22H30N4O4S2. The third kappa shape index (κ3) is 4.42. The molecule has 3 aromatic rings. The number of pyridine rings is 2. The van der Waals surface area contributed by atoms with Gasteiger partial charge in [0.2, 0.25) is 0 Å². The molecule has 1 saturated heterocycles. The standard InChI is InChI=1S/C22H30N4O4S2/c1-22(2,3)19-13-18-17(7-10-23-21(18)25-19)15-5-6-20(24-14-15)32(29,30)26(4)16-8-11-31(27,28)12-9-16/h5-7,10,13-14,16,27-28H,8-9,11-12H2,1-4H3,(H,23,25). The van der Waals surface area contributed by atoms with Gasteiger partial charge < -0.3 is 4.98 Å². The van der Waals surface area contributed by atoms with Crippen LogP contribution < -0.4 is 0 Å². The van der Waals surface area contributed by atoms with E-state index in [1.54, 1.807) is 18.5 Å². The number of fused-ring (bicyclic) bond motifs is 1. The minimum Gasteiger partial charge on any atom is -0.343 e. The summed E-state index contributed by atoms with van der Waals surface area (Å²) in [6.07, 6.45) is 4.16. The van der Waals surface area contributed by atoms with Gasteiger partial charge in [-0.05, 0) is 42.7 Å². The van der Waals surface area contributed by atoms with E-state index < -0.39 is 20.6 Å². The molecule has 0 atom stereocenters. The van der Waals surface area contributed by atoms with Gasteiger partial charge in [-0.1, -0.05) is 20.8 Å². The first-order valence-electron chi connectivity index (χ1n) is 10.5. The molecule has 0 bridgehead atoms. The topological polar surface area (TPSA) is 119 Å². The fourth-order valence-corrected chi connectivity index (χ4v) is 6.81. The molecule has 174 valence electrons. The first-order valence-corrected chi connectivity index (χ1v) is 13.9. The average Bonchev–Trinajstić information content (AvgIpc) is 3.18. The van der Waals surface area contributed by atoms with Gasteiger partial charge >= 0.3 is 0 Å². The van der Waals surface area contributed by atoms with Crippen LogP contribution in [0.5, 0.6) is 0 Å². The number of nitrogens with one attached hydrogen (secondary N) is 1. The van der Waals surface area contributed by atoms with E-state index in [1.165, 1.54) is 17.4 Å². The van der Waals surface area contributed by atoms with Gasteiger partial charge in [-0.15, -0.1) is 0 Å². The van der Waals surface area contributed by atoms with Crippen LogP contribution in [0.15, 0.2) is 41.7 Å². The number of rotatable bonds is 4. The van der Waals surface area contributed by atoms with Gasteiger partial charge in [0.05, 0.1) is 0 Å². The Hall–Kier alpha value is -1.98. The Kier molecular flexibility index (Phi) is 5.87. The number of hydrogen-bond donors (Lipinski definition) is 3. The average molecular weight is 479 g/mol. The van der Waals surface area contributed by atoms with Gasteiger partial charge in [-0.25, -0.2) is 18.4 Å². The molecule has 0 saturated carbocycles. The van der Waals surface area contributed by atoms with E-state index in [9.17, 15) is 17.5 Å². The fourth-order valence-electron chi connectivity index (χ4n) is 3.98. The van der Waals surface area contributed by atoms with Crippen molar-refractivity contribution in [3.05, 3.63) is 42.4 Å². The monoisotopic (exact) mass is 478 g/mol. The molecule has 3 N–H and O–H groups in total. The zero-order chi connectivity index (χ0) is 23.3. The van der Waals surface area contributed by atoms with Crippen LogP contribution in [0.3, 0.4) is 0 Å². The van der Waals surface area contributed by atoms with Crippen LogP contribution >= 0.6 is 10.6 Å². The summed E-state index contributed by atoms with van der Waals surface area (Å²) >= 11 is 0. The lowest BCUT2D eigenvalue weighted by Gasteiger charge is -2.41. The molecular weight excluding hydrogens is 448 g/mol. The largest absolute Gasteiger partial charge is 0.343 e. The van der Waals surface area contributed by atoms with E-state index in [0.29, 0.717) is 12.8 Å². The second-order valence-electron chi connectivity index (χ2n) is 9.40. The number of aromatic amines is 1. The molecule has 1 aliphatic heterocycles. The van der Waals surface area contributed by atoms with Crippen LogP contribution in [0.2, 0.25) is 0 Å². The number of sulfonamides is 1. The SMILES string of the molecule is CN(C1CCS(O)(O)CC1)S(=O)(=O)c1ccc(-c2ccnc3[nH]c(C(C)(C)C)cc23)cn1. The van der Waals surface area contributed by atoms with E-state index in [2.05, 4.69) is 41.8 Å². The van der Waals surface area contributed by atoms with Crippen LogP contribution in [0, 0.1) is 0 Å².